The predicted octanol–water partition coefficient (Wildman–Crippen LogP) is 4.85. The molecule has 3 heteroatoms. The highest BCUT2D eigenvalue weighted by Crippen LogP contribution is 2.38. The number of hydrogen-bond acceptors (Lipinski definition) is 2. The summed E-state index contributed by atoms with van der Waals surface area (Å²) in [6.45, 7) is 8.26. The van der Waals surface area contributed by atoms with Crippen LogP contribution in [-0.4, -0.2) is 5.11 Å². The molecule has 0 saturated heterocycles. The van der Waals surface area contributed by atoms with E-state index in [4.69, 9.17) is 4.42 Å². The molecule has 0 fully saturated rings. The molecule has 0 aliphatic carbocycles. The van der Waals surface area contributed by atoms with Gasteiger partial charge in [0.05, 0.1) is 0 Å². The first-order valence-electron chi connectivity index (χ1n) is 7.23. The standard InChI is InChI=1S/C17H23FO2/c1-11(2)9-17(19,10-12(3)4)15-8-13-6-5-7-14(18)16(13)20-15/h5-8,11-12,19H,9-10H2,1-4H3. The Morgan fingerprint density at radius 1 is 1.15 bits per heavy atom. The Kier molecular flexibility index (Phi) is 4.19. The summed E-state index contributed by atoms with van der Waals surface area (Å²) in [5.41, 5.74) is -0.804. The van der Waals surface area contributed by atoms with Crippen molar-refractivity contribution in [1.29, 1.82) is 0 Å². The first-order chi connectivity index (χ1) is 9.32. The van der Waals surface area contributed by atoms with Crippen molar-refractivity contribution in [2.24, 2.45) is 11.8 Å². The second kappa shape index (κ2) is 5.57. The topological polar surface area (TPSA) is 33.4 Å². The van der Waals surface area contributed by atoms with Gasteiger partial charge in [-0.3, -0.25) is 0 Å². The summed E-state index contributed by atoms with van der Waals surface area (Å²) < 4.78 is 19.4. The number of halogens is 1. The number of fused-ring (bicyclic) bond motifs is 1. The number of furan rings is 1. The van der Waals surface area contributed by atoms with E-state index in [-0.39, 0.29) is 11.4 Å². The Morgan fingerprint density at radius 2 is 1.75 bits per heavy atom. The van der Waals surface area contributed by atoms with Gasteiger partial charge in [0.15, 0.2) is 11.4 Å². The Bertz CT molecular complexity index is 574. The minimum atomic E-state index is -1.03. The van der Waals surface area contributed by atoms with Crippen LogP contribution in [0.3, 0.4) is 0 Å². The van der Waals surface area contributed by atoms with E-state index < -0.39 is 5.60 Å². The van der Waals surface area contributed by atoms with Crippen LogP contribution < -0.4 is 0 Å². The van der Waals surface area contributed by atoms with Crippen molar-refractivity contribution >= 4 is 11.0 Å². The van der Waals surface area contributed by atoms with Gasteiger partial charge in [0.25, 0.3) is 0 Å². The molecule has 0 aliphatic heterocycles. The molecule has 0 atom stereocenters. The fourth-order valence-corrected chi connectivity index (χ4v) is 2.89. The second-order valence-corrected chi connectivity index (χ2v) is 6.50. The van der Waals surface area contributed by atoms with Crippen molar-refractivity contribution in [3.63, 3.8) is 0 Å². The van der Waals surface area contributed by atoms with Crippen LogP contribution in [0.5, 0.6) is 0 Å². The first-order valence-corrected chi connectivity index (χ1v) is 7.23. The number of benzene rings is 1. The molecule has 110 valence electrons. The number of aliphatic hydroxyl groups is 1. The summed E-state index contributed by atoms with van der Waals surface area (Å²) in [7, 11) is 0. The van der Waals surface area contributed by atoms with E-state index in [1.165, 1.54) is 6.07 Å². The fraction of sp³-hybridized carbons (Fsp3) is 0.529. The second-order valence-electron chi connectivity index (χ2n) is 6.50. The molecule has 1 heterocycles. The van der Waals surface area contributed by atoms with E-state index in [2.05, 4.69) is 27.7 Å². The van der Waals surface area contributed by atoms with Gasteiger partial charge in [-0.1, -0.05) is 39.8 Å². The van der Waals surface area contributed by atoms with Gasteiger partial charge in [-0.05, 0) is 36.8 Å². The molecule has 0 amide bonds. The maximum Gasteiger partial charge on any atom is 0.170 e. The third-order valence-corrected chi connectivity index (χ3v) is 3.45. The zero-order valence-electron chi connectivity index (χ0n) is 12.6. The minimum absolute atomic E-state index is 0.230. The molecule has 20 heavy (non-hydrogen) atoms. The molecule has 0 aliphatic rings. The monoisotopic (exact) mass is 278 g/mol. The van der Waals surface area contributed by atoms with Gasteiger partial charge in [-0.15, -0.1) is 0 Å². The van der Waals surface area contributed by atoms with Crippen molar-refractivity contribution in [2.75, 3.05) is 0 Å². The van der Waals surface area contributed by atoms with Crippen LogP contribution >= 0.6 is 0 Å². The number of hydrogen-bond donors (Lipinski definition) is 1. The molecule has 0 radical (unpaired) electrons. The number of rotatable bonds is 5. The van der Waals surface area contributed by atoms with Crippen molar-refractivity contribution in [3.05, 3.63) is 35.8 Å². The van der Waals surface area contributed by atoms with Crippen LogP contribution in [0.25, 0.3) is 11.0 Å². The normalized spacial score (nSPS) is 12.8. The maximum atomic E-state index is 13.7. The Hall–Kier alpha value is -1.35. The van der Waals surface area contributed by atoms with Crippen LogP contribution in [-0.2, 0) is 5.60 Å². The summed E-state index contributed by atoms with van der Waals surface area (Å²) in [6, 6.07) is 6.60. The highest BCUT2D eigenvalue weighted by atomic mass is 19.1. The summed E-state index contributed by atoms with van der Waals surface area (Å²) in [5, 5.41) is 11.7. The van der Waals surface area contributed by atoms with E-state index in [9.17, 15) is 9.50 Å². The Morgan fingerprint density at radius 3 is 2.25 bits per heavy atom. The van der Waals surface area contributed by atoms with Gasteiger partial charge in [-0.2, -0.15) is 0 Å². The summed E-state index contributed by atoms with van der Waals surface area (Å²) in [6.07, 6.45) is 1.21. The largest absolute Gasteiger partial charge is 0.455 e. The van der Waals surface area contributed by atoms with Gasteiger partial charge < -0.3 is 9.52 Å². The van der Waals surface area contributed by atoms with Crippen molar-refractivity contribution in [1.82, 2.24) is 0 Å². The van der Waals surface area contributed by atoms with Crippen LogP contribution in [0.15, 0.2) is 28.7 Å². The van der Waals surface area contributed by atoms with E-state index >= 15 is 0 Å². The van der Waals surface area contributed by atoms with E-state index in [1.807, 2.05) is 0 Å². The summed E-state index contributed by atoms with van der Waals surface area (Å²) in [5.74, 6) is 0.749. The van der Waals surface area contributed by atoms with Crippen molar-refractivity contribution in [3.8, 4) is 0 Å². The Labute approximate surface area is 119 Å². The zero-order chi connectivity index (χ0) is 14.9. The van der Waals surface area contributed by atoms with Gasteiger partial charge in [0.1, 0.15) is 11.4 Å². The van der Waals surface area contributed by atoms with Gasteiger partial charge in [0.2, 0.25) is 0 Å². The molecular formula is C17H23FO2. The van der Waals surface area contributed by atoms with Crippen LogP contribution in [0.2, 0.25) is 0 Å². The quantitative estimate of drug-likeness (QED) is 0.848. The fourth-order valence-electron chi connectivity index (χ4n) is 2.89. The van der Waals surface area contributed by atoms with E-state index in [0.29, 0.717) is 35.8 Å². The van der Waals surface area contributed by atoms with Crippen molar-refractivity contribution in [2.45, 2.75) is 46.1 Å². The lowest BCUT2D eigenvalue weighted by molar-refractivity contribution is -0.0223. The maximum absolute atomic E-state index is 13.7. The van der Waals surface area contributed by atoms with E-state index in [1.54, 1.807) is 18.2 Å². The first kappa shape index (κ1) is 15.0. The number of para-hydroxylation sites is 1. The zero-order valence-corrected chi connectivity index (χ0v) is 12.6. The van der Waals surface area contributed by atoms with Crippen LogP contribution in [0.1, 0.15) is 46.3 Å². The van der Waals surface area contributed by atoms with Gasteiger partial charge in [-0.25, -0.2) is 4.39 Å². The molecule has 2 nitrogen and oxygen atoms in total. The third-order valence-electron chi connectivity index (χ3n) is 3.45. The molecule has 0 unspecified atom stereocenters. The molecule has 1 aromatic heterocycles. The molecule has 0 spiro atoms. The van der Waals surface area contributed by atoms with Crippen LogP contribution in [0.4, 0.5) is 4.39 Å². The molecule has 2 rings (SSSR count). The average Bonchev–Trinajstić information content (AvgIpc) is 2.72. The van der Waals surface area contributed by atoms with Crippen molar-refractivity contribution < 1.29 is 13.9 Å². The molecule has 0 saturated carbocycles. The van der Waals surface area contributed by atoms with Crippen LogP contribution in [0, 0.1) is 17.7 Å². The SMILES string of the molecule is CC(C)CC(O)(CC(C)C)c1cc2cccc(F)c2o1. The predicted molar refractivity (Wildman–Crippen MR) is 79.0 cm³/mol. The average molecular weight is 278 g/mol. The van der Waals surface area contributed by atoms with Gasteiger partial charge in [0, 0.05) is 5.39 Å². The minimum Gasteiger partial charge on any atom is -0.455 e. The lowest BCUT2D eigenvalue weighted by Gasteiger charge is -2.29. The molecular weight excluding hydrogens is 255 g/mol. The summed E-state index contributed by atoms with van der Waals surface area (Å²) >= 11 is 0. The summed E-state index contributed by atoms with van der Waals surface area (Å²) in [4.78, 5) is 0. The van der Waals surface area contributed by atoms with Gasteiger partial charge >= 0.3 is 0 Å². The molecule has 1 N–H and O–H groups in total. The lowest BCUT2D eigenvalue weighted by Crippen LogP contribution is -2.29. The highest BCUT2D eigenvalue weighted by Gasteiger charge is 2.34. The highest BCUT2D eigenvalue weighted by molar-refractivity contribution is 5.78. The lowest BCUT2D eigenvalue weighted by atomic mass is 9.83. The smallest absolute Gasteiger partial charge is 0.170 e. The molecule has 1 aromatic carbocycles. The molecule has 0 bridgehead atoms. The Balaban J connectivity index is 2.47. The van der Waals surface area contributed by atoms with E-state index in [0.717, 1.165) is 0 Å². The third kappa shape index (κ3) is 3.04. The molecule has 2 aromatic rings.